The number of para-hydroxylation sites is 1. The molecule has 1 fully saturated rings. The van der Waals surface area contributed by atoms with E-state index < -0.39 is 0 Å². The summed E-state index contributed by atoms with van der Waals surface area (Å²) in [5.41, 5.74) is 7.12. The van der Waals surface area contributed by atoms with Crippen molar-refractivity contribution in [2.45, 2.75) is 38.8 Å². The van der Waals surface area contributed by atoms with Gasteiger partial charge in [-0.2, -0.15) is 0 Å². The second-order valence-electron chi connectivity index (χ2n) is 5.63. The second kappa shape index (κ2) is 5.40. The lowest BCUT2D eigenvalue weighted by atomic mass is 10.1. The largest absolute Gasteiger partial charge is 0.369 e. The first-order valence-corrected chi connectivity index (χ1v) is 7.31. The van der Waals surface area contributed by atoms with E-state index in [-0.39, 0.29) is 5.82 Å². The van der Waals surface area contributed by atoms with Crippen LogP contribution in [-0.2, 0) is 6.54 Å². The first kappa shape index (κ1) is 13.4. The van der Waals surface area contributed by atoms with E-state index >= 15 is 0 Å². The van der Waals surface area contributed by atoms with Crippen LogP contribution in [0.5, 0.6) is 0 Å². The highest BCUT2D eigenvalue weighted by atomic mass is 19.1. The number of likely N-dealkylation sites (tertiary alicyclic amines) is 1. The van der Waals surface area contributed by atoms with Crippen LogP contribution in [0.15, 0.2) is 18.2 Å². The normalized spacial score (nSPS) is 18.5. The molecule has 1 aromatic carbocycles. The molecule has 1 aliphatic rings. The maximum Gasteiger partial charge on any atom is 0.201 e. The molecule has 0 bridgehead atoms. The van der Waals surface area contributed by atoms with Gasteiger partial charge in [0.2, 0.25) is 5.95 Å². The van der Waals surface area contributed by atoms with E-state index in [0.717, 1.165) is 25.2 Å². The van der Waals surface area contributed by atoms with E-state index in [1.54, 1.807) is 6.07 Å². The van der Waals surface area contributed by atoms with E-state index in [4.69, 9.17) is 5.73 Å². The lowest BCUT2D eigenvalue weighted by Crippen LogP contribution is -2.39. The smallest absolute Gasteiger partial charge is 0.201 e. The van der Waals surface area contributed by atoms with Crippen LogP contribution in [0.3, 0.4) is 0 Å². The SMILES string of the molecule is CC(Cn1c(N)nc2c(F)cccc21)N1CCCCC1. The number of nitrogens with two attached hydrogens (primary N) is 1. The van der Waals surface area contributed by atoms with E-state index in [1.807, 2.05) is 10.6 Å². The molecule has 2 heterocycles. The monoisotopic (exact) mass is 276 g/mol. The summed E-state index contributed by atoms with van der Waals surface area (Å²) in [6.07, 6.45) is 3.85. The zero-order valence-corrected chi connectivity index (χ0v) is 11.8. The highest BCUT2D eigenvalue weighted by Crippen LogP contribution is 2.22. The van der Waals surface area contributed by atoms with Crippen LogP contribution in [0.2, 0.25) is 0 Å². The number of rotatable bonds is 3. The number of imidazole rings is 1. The topological polar surface area (TPSA) is 47.1 Å². The van der Waals surface area contributed by atoms with Gasteiger partial charge in [-0.05, 0) is 45.0 Å². The predicted molar refractivity (Wildman–Crippen MR) is 79.0 cm³/mol. The van der Waals surface area contributed by atoms with Crippen molar-refractivity contribution >= 4 is 17.0 Å². The summed E-state index contributed by atoms with van der Waals surface area (Å²) < 4.78 is 15.7. The van der Waals surface area contributed by atoms with Gasteiger partial charge in [-0.1, -0.05) is 12.5 Å². The van der Waals surface area contributed by atoms with Gasteiger partial charge < -0.3 is 10.3 Å². The van der Waals surface area contributed by atoms with E-state index in [0.29, 0.717) is 17.5 Å². The lowest BCUT2D eigenvalue weighted by molar-refractivity contribution is 0.161. The Kier molecular flexibility index (Phi) is 3.61. The minimum Gasteiger partial charge on any atom is -0.369 e. The van der Waals surface area contributed by atoms with Crippen molar-refractivity contribution in [3.05, 3.63) is 24.0 Å². The Bertz CT molecular complexity index is 601. The maximum absolute atomic E-state index is 13.7. The van der Waals surface area contributed by atoms with Crippen molar-refractivity contribution in [3.63, 3.8) is 0 Å². The molecule has 5 heteroatoms. The molecule has 0 amide bonds. The summed E-state index contributed by atoms with van der Waals surface area (Å²) in [5.74, 6) is 0.0903. The Morgan fingerprint density at radius 3 is 2.80 bits per heavy atom. The molecule has 2 N–H and O–H groups in total. The van der Waals surface area contributed by atoms with Gasteiger partial charge >= 0.3 is 0 Å². The molecule has 1 aromatic heterocycles. The zero-order valence-electron chi connectivity index (χ0n) is 11.8. The third-order valence-electron chi connectivity index (χ3n) is 4.22. The summed E-state index contributed by atoms with van der Waals surface area (Å²) >= 11 is 0. The fourth-order valence-electron chi connectivity index (χ4n) is 3.06. The van der Waals surface area contributed by atoms with Crippen LogP contribution in [0, 0.1) is 5.82 Å². The number of hydrogen-bond donors (Lipinski definition) is 1. The Balaban J connectivity index is 1.86. The average molecular weight is 276 g/mol. The van der Waals surface area contributed by atoms with Crippen LogP contribution in [0.25, 0.3) is 11.0 Å². The van der Waals surface area contributed by atoms with Crippen LogP contribution in [0.4, 0.5) is 10.3 Å². The molecule has 4 nitrogen and oxygen atoms in total. The number of halogens is 1. The van der Waals surface area contributed by atoms with Crippen LogP contribution in [-0.4, -0.2) is 33.6 Å². The molecule has 1 atom stereocenters. The van der Waals surface area contributed by atoms with Crippen molar-refractivity contribution < 1.29 is 4.39 Å². The molecular weight excluding hydrogens is 255 g/mol. The van der Waals surface area contributed by atoms with Crippen molar-refractivity contribution in [1.82, 2.24) is 14.5 Å². The van der Waals surface area contributed by atoms with Crippen molar-refractivity contribution in [2.24, 2.45) is 0 Å². The number of benzene rings is 1. The minimum absolute atomic E-state index is 0.307. The predicted octanol–water partition coefficient (Wildman–Crippen LogP) is 2.63. The molecule has 20 heavy (non-hydrogen) atoms. The van der Waals surface area contributed by atoms with Crippen molar-refractivity contribution in [2.75, 3.05) is 18.8 Å². The van der Waals surface area contributed by atoms with Crippen LogP contribution >= 0.6 is 0 Å². The van der Waals surface area contributed by atoms with E-state index in [9.17, 15) is 4.39 Å². The lowest BCUT2D eigenvalue weighted by Gasteiger charge is -2.32. The molecule has 0 spiro atoms. The summed E-state index contributed by atoms with van der Waals surface area (Å²) in [7, 11) is 0. The van der Waals surface area contributed by atoms with Gasteiger partial charge in [0.1, 0.15) is 5.52 Å². The number of hydrogen-bond acceptors (Lipinski definition) is 3. The molecule has 108 valence electrons. The number of nitrogen functional groups attached to an aromatic ring is 1. The summed E-state index contributed by atoms with van der Waals surface area (Å²) in [5, 5.41) is 0. The van der Waals surface area contributed by atoms with Crippen LogP contribution in [0.1, 0.15) is 26.2 Å². The summed E-state index contributed by atoms with van der Waals surface area (Å²) in [6.45, 7) is 5.24. The van der Waals surface area contributed by atoms with Gasteiger partial charge in [-0.25, -0.2) is 9.37 Å². The van der Waals surface area contributed by atoms with Gasteiger partial charge in [0.25, 0.3) is 0 Å². The standard InChI is InChI=1S/C15H21FN4/c1-11(19-8-3-2-4-9-19)10-20-13-7-5-6-12(16)14(13)18-15(20)17/h5-7,11H,2-4,8-10H2,1H3,(H2,17,18). The van der Waals surface area contributed by atoms with Gasteiger partial charge in [0, 0.05) is 12.6 Å². The first-order chi connectivity index (χ1) is 9.66. The van der Waals surface area contributed by atoms with Crippen molar-refractivity contribution in [3.8, 4) is 0 Å². The van der Waals surface area contributed by atoms with Crippen molar-refractivity contribution in [1.29, 1.82) is 0 Å². The molecule has 0 aliphatic carbocycles. The molecular formula is C15H21FN4. The van der Waals surface area contributed by atoms with Gasteiger partial charge in [-0.15, -0.1) is 0 Å². The number of fused-ring (bicyclic) bond motifs is 1. The average Bonchev–Trinajstić information content (AvgIpc) is 2.78. The summed E-state index contributed by atoms with van der Waals surface area (Å²) in [6, 6.07) is 5.40. The summed E-state index contributed by atoms with van der Waals surface area (Å²) in [4.78, 5) is 6.64. The molecule has 2 aromatic rings. The third-order valence-corrected chi connectivity index (χ3v) is 4.22. The zero-order chi connectivity index (χ0) is 14.1. The molecule has 1 aliphatic heterocycles. The fraction of sp³-hybridized carbons (Fsp3) is 0.533. The quantitative estimate of drug-likeness (QED) is 0.937. The third kappa shape index (κ3) is 2.38. The number of anilines is 1. The highest BCUT2D eigenvalue weighted by molar-refractivity contribution is 5.78. The second-order valence-corrected chi connectivity index (χ2v) is 5.63. The molecule has 3 rings (SSSR count). The number of aromatic nitrogens is 2. The van der Waals surface area contributed by atoms with E-state index in [2.05, 4.69) is 16.8 Å². The maximum atomic E-state index is 13.7. The first-order valence-electron chi connectivity index (χ1n) is 7.31. The molecule has 0 saturated carbocycles. The Morgan fingerprint density at radius 1 is 1.30 bits per heavy atom. The number of nitrogens with zero attached hydrogens (tertiary/aromatic N) is 3. The van der Waals surface area contributed by atoms with Crippen LogP contribution < -0.4 is 5.73 Å². The highest BCUT2D eigenvalue weighted by Gasteiger charge is 2.19. The molecule has 0 radical (unpaired) electrons. The van der Waals surface area contributed by atoms with Gasteiger partial charge in [0.05, 0.1) is 5.52 Å². The van der Waals surface area contributed by atoms with Gasteiger partial charge in [0.15, 0.2) is 5.82 Å². The molecule has 1 unspecified atom stereocenters. The Morgan fingerprint density at radius 2 is 2.05 bits per heavy atom. The molecule has 1 saturated heterocycles. The Hall–Kier alpha value is -1.62. The van der Waals surface area contributed by atoms with Gasteiger partial charge in [-0.3, -0.25) is 4.90 Å². The van der Waals surface area contributed by atoms with E-state index in [1.165, 1.54) is 25.3 Å². The Labute approximate surface area is 118 Å². The number of piperidine rings is 1. The fourth-order valence-corrected chi connectivity index (χ4v) is 3.06. The minimum atomic E-state index is -0.307.